The first kappa shape index (κ1) is 13.2. The molecular formula is C15H16N4S. The lowest BCUT2D eigenvalue weighted by molar-refractivity contribution is 0.666. The number of nitrogens with one attached hydrogen (secondary N) is 1. The van der Waals surface area contributed by atoms with Crippen molar-refractivity contribution in [3.63, 3.8) is 0 Å². The van der Waals surface area contributed by atoms with E-state index in [4.69, 9.17) is 0 Å². The maximum atomic E-state index is 9.28. The van der Waals surface area contributed by atoms with Crippen LogP contribution in [0.2, 0.25) is 0 Å². The van der Waals surface area contributed by atoms with Gasteiger partial charge >= 0.3 is 0 Å². The molecular weight excluding hydrogens is 268 g/mol. The third-order valence-corrected chi connectivity index (χ3v) is 4.64. The van der Waals surface area contributed by atoms with Gasteiger partial charge in [-0.2, -0.15) is 17.0 Å². The molecule has 4 nitrogen and oxygen atoms in total. The highest BCUT2D eigenvalue weighted by molar-refractivity contribution is 7.99. The van der Waals surface area contributed by atoms with Crippen LogP contribution in [0.5, 0.6) is 0 Å². The molecule has 0 atom stereocenters. The van der Waals surface area contributed by atoms with Gasteiger partial charge < -0.3 is 5.32 Å². The minimum Gasteiger partial charge on any atom is -0.379 e. The lowest BCUT2D eigenvalue weighted by Gasteiger charge is -2.24. The molecule has 0 aliphatic carbocycles. The molecule has 1 saturated heterocycles. The number of nitriles is 1. The summed E-state index contributed by atoms with van der Waals surface area (Å²) in [6.07, 6.45) is 2.26. The Kier molecular flexibility index (Phi) is 3.75. The first-order chi connectivity index (χ1) is 9.78. The van der Waals surface area contributed by atoms with Gasteiger partial charge in [-0.25, -0.2) is 0 Å². The molecule has 0 unspecified atom stereocenters. The zero-order chi connectivity index (χ0) is 13.9. The molecule has 0 radical (unpaired) electrons. The van der Waals surface area contributed by atoms with E-state index in [0.29, 0.717) is 11.7 Å². The smallest absolute Gasteiger partial charge is 0.186 e. The molecule has 102 valence electrons. The minimum absolute atomic E-state index is 0.390. The van der Waals surface area contributed by atoms with Crippen molar-refractivity contribution in [2.45, 2.75) is 25.8 Å². The highest BCUT2D eigenvalue weighted by Gasteiger charge is 2.17. The molecule has 0 spiro atoms. The van der Waals surface area contributed by atoms with Crippen LogP contribution in [0.15, 0.2) is 18.2 Å². The molecule has 1 aromatic carbocycles. The average molecular weight is 284 g/mol. The van der Waals surface area contributed by atoms with Gasteiger partial charge in [-0.05, 0) is 43.4 Å². The van der Waals surface area contributed by atoms with Crippen LogP contribution in [-0.4, -0.2) is 27.7 Å². The molecule has 1 N–H and O–H groups in total. The van der Waals surface area contributed by atoms with Gasteiger partial charge in [-0.15, -0.1) is 10.2 Å². The molecule has 2 aromatic rings. The monoisotopic (exact) mass is 284 g/mol. The van der Waals surface area contributed by atoms with E-state index in [1.54, 1.807) is 0 Å². The molecule has 1 fully saturated rings. The van der Waals surface area contributed by atoms with Gasteiger partial charge in [0.25, 0.3) is 0 Å². The van der Waals surface area contributed by atoms with Crippen molar-refractivity contribution in [3.8, 4) is 6.07 Å². The summed E-state index contributed by atoms with van der Waals surface area (Å²) in [5, 5.41) is 22.0. The maximum absolute atomic E-state index is 9.28. The summed E-state index contributed by atoms with van der Waals surface area (Å²) in [7, 11) is 0. The van der Waals surface area contributed by atoms with Crippen LogP contribution in [0.4, 0.5) is 5.69 Å². The van der Waals surface area contributed by atoms with Crippen LogP contribution in [0.3, 0.4) is 0 Å². The Morgan fingerprint density at radius 1 is 1.30 bits per heavy atom. The summed E-state index contributed by atoms with van der Waals surface area (Å²) in [6, 6.07) is 8.63. The van der Waals surface area contributed by atoms with Crippen LogP contribution in [0.1, 0.15) is 24.1 Å². The van der Waals surface area contributed by atoms with Crippen molar-refractivity contribution >= 4 is 28.4 Å². The van der Waals surface area contributed by atoms with Crippen molar-refractivity contribution in [2.75, 3.05) is 16.8 Å². The summed E-state index contributed by atoms with van der Waals surface area (Å²) >= 11 is 1.99. The van der Waals surface area contributed by atoms with Gasteiger partial charge in [0.1, 0.15) is 6.07 Å². The standard InChI is InChI=1S/C15H16N4S/c1-10-2-3-13-12(8-10)15(14(9-16)19-18-13)17-11-4-6-20-7-5-11/h2-3,8,11H,4-7H2,1H3,(H,17,18). The number of hydrogen-bond acceptors (Lipinski definition) is 5. The molecule has 3 rings (SSSR count). The van der Waals surface area contributed by atoms with E-state index >= 15 is 0 Å². The summed E-state index contributed by atoms with van der Waals surface area (Å²) in [6.45, 7) is 2.05. The maximum Gasteiger partial charge on any atom is 0.186 e. The molecule has 1 aliphatic rings. The average Bonchev–Trinajstić information content (AvgIpc) is 2.49. The SMILES string of the molecule is Cc1ccc2nnc(C#N)c(NC3CCSCC3)c2c1. The number of thioether (sulfide) groups is 1. The van der Waals surface area contributed by atoms with Gasteiger partial charge in [-0.1, -0.05) is 11.6 Å². The number of aryl methyl sites for hydroxylation is 1. The van der Waals surface area contributed by atoms with Crippen molar-refractivity contribution in [2.24, 2.45) is 0 Å². The number of benzene rings is 1. The Morgan fingerprint density at radius 2 is 2.10 bits per heavy atom. The molecule has 0 saturated carbocycles. The Bertz CT molecular complexity index is 671. The topological polar surface area (TPSA) is 61.6 Å². The number of anilines is 1. The van der Waals surface area contributed by atoms with Crippen LogP contribution in [0.25, 0.3) is 10.9 Å². The number of fused-ring (bicyclic) bond motifs is 1. The third-order valence-electron chi connectivity index (χ3n) is 3.59. The first-order valence-electron chi connectivity index (χ1n) is 6.79. The molecule has 1 aliphatic heterocycles. The fraction of sp³-hybridized carbons (Fsp3) is 0.400. The fourth-order valence-electron chi connectivity index (χ4n) is 2.49. The molecule has 5 heteroatoms. The van der Waals surface area contributed by atoms with E-state index in [0.717, 1.165) is 35.0 Å². The van der Waals surface area contributed by atoms with Crippen LogP contribution < -0.4 is 5.32 Å². The fourth-order valence-corrected chi connectivity index (χ4v) is 3.60. The lowest BCUT2D eigenvalue weighted by Crippen LogP contribution is -2.25. The van der Waals surface area contributed by atoms with Crippen LogP contribution in [-0.2, 0) is 0 Å². The van der Waals surface area contributed by atoms with Gasteiger partial charge in [0.05, 0.1) is 11.2 Å². The quantitative estimate of drug-likeness (QED) is 0.918. The van der Waals surface area contributed by atoms with Gasteiger partial charge in [0.2, 0.25) is 0 Å². The predicted octanol–water partition coefficient (Wildman–Crippen LogP) is 3.12. The Hall–Kier alpha value is -1.80. The molecule has 20 heavy (non-hydrogen) atoms. The highest BCUT2D eigenvalue weighted by Crippen LogP contribution is 2.28. The predicted molar refractivity (Wildman–Crippen MR) is 83.0 cm³/mol. The minimum atomic E-state index is 0.390. The number of nitrogens with zero attached hydrogens (tertiary/aromatic N) is 3. The second kappa shape index (κ2) is 5.68. The zero-order valence-corrected chi connectivity index (χ0v) is 12.2. The third kappa shape index (κ3) is 2.56. The summed E-state index contributed by atoms with van der Waals surface area (Å²) in [4.78, 5) is 0. The van der Waals surface area contributed by atoms with Crippen LogP contribution >= 0.6 is 11.8 Å². The van der Waals surface area contributed by atoms with Gasteiger partial charge in [0, 0.05) is 11.4 Å². The lowest BCUT2D eigenvalue weighted by atomic mass is 10.1. The van der Waals surface area contributed by atoms with Crippen molar-refractivity contribution in [1.29, 1.82) is 5.26 Å². The Balaban J connectivity index is 2.05. The first-order valence-corrected chi connectivity index (χ1v) is 7.95. The molecule has 2 heterocycles. The van der Waals surface area contributed by atoms with Gasteiger partial charge in [0.15, 0.2) is 5.69 Å². The van der Waals surface area contributed by atoms with Crippen molar-refractivity contribution in [3.05, 3.63) is 29.5 Å². The van der Waals surface area contributed by atoms with Crippen LogP contribution in [0, 0.1) is 18.3 Å². The zero-order valence-electron chi connectivity index (χ0n) is 11.4. The molecule has 1 aromatic heterocycles. The summed E-state index contributed by atoms with van der Waals surface area (Å²) in [5.74, 6) is 2.35. The van der Waals surface area contributed by atoms with E-state index in [-0.39, 0.29) is 0 Å². The number of aromatic nitrogens is 2. The second-order valence-corrected chi connectivity index (χ2v) is 6.31. The molecule has 0 bridgehead atoms. The Labute approximate surface area is 122 Å². The van der Waals surface area contributed by atoms with E-state index < -0.39 is 0 Å². The number of rotatable bonds is 2. The summed E-state index contributed by atoms with van der Waals surface area (Å²) in [5.41, 5.74) is 3.23. The van der Waals surface area contributed by atoms with Gasteiger partial charge in [-0.3, -0.25) is 0 Å². The highest BCUT2D eigenvalue weighted by atomic mass is 32.2. The Morgan fingerprint density at radius 3 is 2.85 bits per heavy atom. The van der Waals surface area contributed by atoms with E-state index in [9.17, 15) is 5.26 Å². The van der Waals surface area contributed by atoms with E-state index in [2.05, 4.69) is 27.6 Å². The molecule has 0 amide bonds. The number of hydrogen-bond donors (Lipinski definition) is 1. The van der Waals surface area contributed by atoms with E-state index in [1.807, 2.05) is 30.8 Å². The van der Waals surface area contributed by atoms with E-state index in [1.165, 1.54) is 11.5 Å². The van der Waals surface area contributed by atoms with Crippen molar-refractivity contribution in [1.82, 2.24) is 10.2 Å². The largest absolute Gasteiger partial charge is 0.379 e. The second-order valence-electron chi connectivity index (χ2n) is 5.09. The summed E-state index contributed by atoms with van der Waals surface area (Å²) < 4.78 is 0. The van der Waals surface area contributed by atoms with Crippen molar-refractivity contribution < 1.29 is 0 Å². The normalized spacial score (nSPS) is 16.0.